The molecule has 106 valence electrons. The molecule has 0 aromatic carbocycles. The van der Waals surface area contributed by atoms with Gasteiger partial charge in [0.15, 0.2) is 0 Å². The van der Waals surface area contributed by atoms with Crippen LogP contribution in [0.5, 0.6) is 0 Å². The Kier molecular flexibility index (Phi) is 5.35. The van der Waals surface area contributed by atoms with Crippen LogP contribution in [0.15, 0.2) is 12.4 Å². The van der Waals surface area contributed by atoms with Crippen molar-refractivity contribution < 1.29 is 14.7 Å². The number of hydrogen-bond acceptors (Lipinski definition) is 3. The molecule has 7 heteroatoms. The number of aromatic nitrogens is 2. The van der Waals surface area contributed by atoms with Crippen molar-refractivity contribution in [3.63, 3.8) is 0 Å². The van der Waals surface area contributed by atoms with E-state index in [0.29, 0.717) is 13.0 Å². The zero-order valence-electron chi connectivity index (χ0n) is 11.4. The number of rotatable bonds is 6. The van der Waals surface area contributed by atoms with Gasteiger partial charge in [0, 0.05) is 25.4 Å². The Hall–Kier alpha value is -2.05. The number of hydrogen-bond donors (Lipinski definition) is 3. The first-order valence-electron chi connectivity index (χ1n) is 6.13. The van der Waals surface area contributed by atoms with E-state index in [1.165, 1.54) is 0 Å². The third-order valence-corrected chi connectivity index (χ3v) is 2.55. The Bertz CT molecular complexity index is 442. The molecule has 1 aromatic heterocycles. The van der Waals surface area contributed by atoms with E-state index in [-0.39, 0.29) is 11.8 Å². The molecule has 0 bridgehead atoms. The summed E-state index contributed by atoms with van der Waals surface area (Å²) in [4.78, 5) is 22.6. The van der Waals surface area contributed by atoms with Gasteiger partial charge in [0.05, 0.1) is 6.20 Å². The Balaban J connectivity index is 2.53. The van der Waals surface area contributed by atoms with Gasteiger partial charge in [-0.15, -0.1) is 0 Å². The van der Waals surface area contributed by atoms with Crippen LogP contribution >= 0.6 is 0 Å². The maximum absolute atomic E-state index is 11.9. The van der Waals surface area contributed by atoms with Gasteiger partial charge >= 0.3 is 6.09 Å². The molecule has 0 spiro atoms. The maximum atomic E-state index is 11.9. The van der Waals surface area contributed by atoms with Gasteiger partial charge in [-0.2, -0.15) is 5.10 Å². The van der Waals surface area contributed by atoms with Gasteiger partial charge in [-0.05, 0) is 12.3 Å². The average molecular weight is 268 g/mol. The van der Waals surface area contributed by atoms with Crippen molar-refractivity contribution in [3.8, 4) is 0 Å². The highest BCUT2D eigenvalue weighted by Crippen LogP contribution is 2.05. The topological polar surface area (TPSA) is 96.2 Å². The molecule has 1 rings (SSSR count). The lowest BCUT2D eigenvalue weighted by molar-refractivity contribution is -0.123. The summed E-state index contributed by atoms with van der Waals surface area (Å²) >= 11 is 0. The maximum Gasteiger partial charge on any atom is 0.405 e. The number of nitrogens with zero attached hydrogens (tertiary/aromatic N) is 2. The minimum absolute atomic E-state index is 0.223. The minimum Gasteiger partial charge on any atom is -0.465 e. The molecule has 0 radical (unpaired) electrons. The summed E-state index contributed by atoms with van der Waals surface area (Å²) in [6, 6.07) is -0.728. The molecule has 0 fully saturated rings. The van der Waals surface area contributed by atoms with Crippen molar-refractivity contribution in [1.29, 1.82) is 0 Å². The first-order chi connectivity index (χ1) is 8.88. The van der Waals surface area contributed by atoms with Gasteiger partial charge in [-0.25, -0.2) is 4.79 Å². The summed E-state index contributed by atoms with van der Waals surface area (Å²) in [6.45, 7) is 4.21. The van der Waals surface area contributed by atoms with E-state index in [0.717, 1.165) is 5.56 Å². The quantitative estimate of drug-likeness (QED) is 0.708. The molecular formula is C12H20N4O3. The van der Waals surface area contributed by atoms with Gasteiger partial charge in [-0.3, -0.25) is 9.48 Å². The highest BCUT2D eigenvalue weighted by Gasteiger charge is 2.21. The molecule has 1 aromatic rings. The van der Waals surface area contributed by atoms with Crippen LogP contribution in [-0.2, 0) is 18.4 Å². The number of carbonyl (C=O) groups is 2. The van der Waals surface area contributed by atoms with Gasteiger partial charge in [0.25, 0.3) is 0 Å². The predicted octanol–water partition coefficient (Wildman–Crippen LogP) is 0.719. The summed E-state index contributed by atoms with van der Waals surface area (Å²) in [5.74, 6) is -0.0963. The molecule has 19 heavy (non-hydrogen) atoms. The van der Waals surface area contributed by atoms with E-state index in [9.17, 15) is 9.59 Å². The number of amides is 2. The fourth-order valence-electron chi connectivity index (χ4n) is 1.73. The summed E-state index contributed by atoms with van der Waals surface area (Å²) in [7, 11) is 1.79. The van der Waals surface area contributed by atoms with Crippen molar-refractivity contribution >= 4 is 12.0 Å². The summed E-state index contributed by atoms with van der Waals surface area (Å²) in [5.41, 5.74) is 0.870. The number of aryl methyl sites for hydroxylation is 1. The second-order valence-electron chi connectivity index (χ2n) is 4.87. The van der Waals surface area contributed by atoms with Crippen molar-refractivity contribution in [2.75, 3.05) is 0 Å². The average Bonchev–Trinajstić information content (AvgIpc) is 2.70. The monoisotopic (exact) mass is 268 g/mol. The van der Waals surface area contributed by atoms with E-state index in [1.54, 1.807) is 24.1 Å². The fourth-order valence-corrected chi connectivity index (χ4v) is 1.73. The Morgan fingerprint density at radius 2 is 2.16 bits per heavy atom. The van der Waals surface area contributed by atoms with E-state index >= 15 is 0 Å². The third-order valence-electron chi connectivity index (χ3n) is 2.55. The lowest BCUT2D eigenvalue weighted by atomic mass is 10.0. The van der Waals surface area contributed by atoms with Crippen LogP contribution in [0, 0.1) is 5.92 Å². The Labute approximate surface area is 112 Å². The molecule has 0 aliphatic rings. The van der Waals surface area contributed by atoms with E-state index < -0.39 is 12.1 Å². The molecule has 2 amide bonds. The van der Waals surface area contributed by atoms with E-state index in [1.807, 2.05) is 13.8 Å². The number of carbonyl (C=O) groups excluding carboxylic acids is 1. The summed E-state index contributed by atoms with van der Waals surface area (Å²) < 4.78 is 1.64. The van der Waals surface area contributed by atoms with Gasteiger partial charge < -0.3 is 15.7 Å². The van der Waals surface area contributed by atoms with Crippen LogP contribution in [0.4, 0.5) is 4.79 Å². The smallest absolute Gasteiger partial charge is 0.405 e. The minimum atomic E-state index is -1.19. The zero-order valence-corrected chi connectivity index (χ0v) is 11.4. The van der Waals surface area contributed by atoms with Gasteiger partial charge in [0.2, 0.25) is 5.91 Å². The van der Waals surface area contributed by atoms with Crippen LogP contribution < -0.4 is 10.6 Å². The van der Waals surface area contributed by atoms with Crippen LogP contribution in [0.1, 0.15) is 25.8 Å². The van der Waals surface area contributed by atoms with Crippen LogP contribution in [0.3, 0.4) is 0 Å². The SMILES string of the molecule is CC(C)CC(NC(=O)O)C(=O)NCc1cnn(C)c1. The molecule has 7 nitrogen and oxygen atoms in total. The number of carboxylic acid groups (broad SMARTS) is 1. The van der Waals surface area contributed by atoms with Gasteiger partial charge in [0.1, 0.15) is 6.04 Å². The number of nitrogens with one attached hydrogen (secondary N) is 2. The van der Waals surface area contributed by atoms with E-state index in [4.69, 9.17) is 5.11 Å². The lowest BCUT2D eigenvalue weighted by Gasteiger charge is -2.18. The van der Waals surface area contributed by atoms with Crippen molar-refractivity contribution in [2.45, 2.75) is 32.9 Å². The van der Waals surface area contributed by atoms with Crippen molar-refractivity contribution in [3.05, 3.63) is 18.0 Å². The molecular weight excluding hydrogens is 248 g/mol. The highest BCUT2D eigenvalue weighted by molar-refractivity contribution is 5.85. The van der Waals surface area contributed by atoms with Crippen molar-refractivity contribution in [1.82, 2.24) is 20.4 Å². The van der Waals surface area contributed by atoms with E-state index in [2.05, 4.69) is 15.7 Å². The van der Waals surface area contributed by atoms with Crippen LogP contribution in [0.25, 0.3) is 0 Å². The lowest BCUT2D eigenvalue weighted by Crippen LogP contribution is -2.46. The third kappa shape index (κ3) is 5.41. The first-order valence-corrected chi connectivity index (χ1v) is 6.13. The molecule has 1 unspecified atom stereocenters. The molecule has 0 saturated heterocycles. The summed E-state index contributed by atoms with van der Waals surface area (Å²) in [5, 5.41) is 17.7. The van der Waals surface area contributed by atoms with Crippen LogP contribution in [-0.4, -0.2) is 32.9 Å². The normalized spacial score (nSPS) is 12.2. The first kappa shape index (κ1) is 15.0. The second-order valence-corrected chi connectivity index (χ2v) is 4.87. The molecule has 1 atom stereocenters. The molecule has 3 N–H and O–H groups in total. The standard InChI is InChI=1S/C12H20N4O3/c1-8(2)4-10(15-12(18)19)11(17)13-5-9-6-14-16(3)7-9/h6-8,10,15H,4-5H2,1-3H3,(H,13,17)(H,18,19). The summed E-state index contributed by atoms with van der Waals surface area (Å²) in [6.07, 6.45) is 2.72. The fraction of sp³-hybridized carbons (Fsp3) is 0.583. The molecule has 0 aliphatic carbocycles. The second kappa shape index (κ2) is 6.77. The Morgan fingerprint density at radius 3 is 2.63 bits per heavy atom. The predicted molar refractivity (Wildman–Crippen MR) is 69.5 cm³/mol. The molecule has 0 saturated carbocycles. The van der Waals surface area contributed by atoms with Crippen LogP contribution in [0.2, 0.25) is 0 Å². The molecule has 1 heterocycles. The zero-order chi connectivity index (χ0) is 14.4. The largest absolute Gasteiger partial charge is 0.465 e. The highest BCUT2D eigenvalue weighted by atomic mass is 16.4. The molecule has 0 aliphatic heterocycles. The van der Waals surface area contributed by atoms with Crippen molar-refractivity contribution in [2.24, 2.45) is 13.0 Å². The van der Waals surface area contributed by atoms with Gasteiger partial charge in [-0.1, -0.05) is 13.8 Å². The Morgan fingerprint density at radius 1 is 1.47 bits per heavy atom.